The van der Waals surface area contributed by atoms with E-state index in [0.29, 0.717) is 11.3 Å². The number of ether oxygens (including phenoxy) is 1. The van der Waals surface area contributed by atoms with Crippen LogP contribution in [0.5, 0.6) is 0 Å². The number of carbonyl (C=O) groups excluding carboxylic acids is 1. The molecule has 72 valence electrons. The van der Waals surface area contributed by atoms with Crippen LogP contribution in [0, 0.1) is 0 Å². The second-order valence-corrected chi connectivity index (χ2v) is 2.99. The number of anilines is 1. The Morgan fingerprint density at radius 1 is 1.36 bits per heavy atom. The van der Waals surface area contributed by atoms with Crippen molar-refractivity contribution in [2.75, 3.05) is 12.3 Å². The molecule has 0 fully saturated rings. The molecule has 3 N–H and O–H groups in total. The molecule has 1 aromatic carbocycles. The maximum Gasteiger partial charge on any atom is 0.342 e. The number of aliphatic hydroxyl groups excluding tert-OH is 1. The van der Waals surface area contributed by atoms with E-state index in [0.717, 1.165) is 0 Å². The number of nitrogens with two attached hydrogens (primary N) is 1. The first-order chi connectivity index (χ1) is 6.70. The molecule has 0 saturated carbocycles. The molecule has 4 heteroatoms. The fourth-order valence-electron chi connectivity index (χ4n) is 1.39. The highest BCUT2D eigenvalue weighted by Crippen LogP contribution is 2.28. The van der Waals surface area contributed by atoms with Crippen molar-refractivity contribution >= 4 is 17.2 Å². The number of nitrogen functional groups attached to an aromatic ring is 1. The average Bonchev–Trinajstić information content (AvgIpc) is 2.48. The van der Waals surface area contributed by atoms with Crippen molar-refractivity contribution in [3.05, 3.63) is 35.6 Å². The summed E-state index contributed by atoms with van der Waals surface area (Å²) in [5, 5.41) is 9.42. The molecule has 0 aliphatic carbocycles. The summed E-state index contributed by atoms with van der Waals surface area (Å²) in [5.74, 6) is -0.590. The molecule has 0 saturated heterocycles. The molecule has 4 nitrogen and oxygen atoms in total. The number of hydrogen-bond acceptors (Lipinski definition) is 4. The zero-order chi connectivity index (χ0) is 10.1. The highest BCUT2D eigenvalue weighted by molar-refractivity contribution is 6.20. The monoisotopic (exact) mass is 191 g/mol. The minimum absolute atomic E-state index is 0.0621. The van der Waals surface area contributed by atoms with Crippen LogP contribution in [0.3, 0.4) is 0 Å². The lowest BCUT2D eigenvalue weighted by Gasteiger charge is -2.03. The molecule has 14 heavy (non-hydrogen) atoms. The van der Waals surface area contributed by atoms with Crippen LogP contribution >= 0.6 is 0 Å². The van der Waals surface area contributed by atoms with Gasteiger partial charge in [-0.15, -0.1) is 0 Å². The largest absolute Gasteiger partial charge is 0.508 e. The van der Waals surface area contributed by atoms with E-state index >= 15 is 0 Å². The number of benzene rings is 1. The van der Waals surface area contributed by atoms with Gasteiger partial charge < -0.3 is 15.6 Å². The summed E-state index contributed by atoms with van der Waals surface area (Å²) in [4.78, 5) is 11.2. The number of para-hydroxylation sites is 1. The van der Waals surface area contributed by atoms with Crippen molar-refractivity contribution in [2.45, 2.75) is 0 Å². The van der Waals surface area contributed by atoms with E-state index in [-0.39, 0.29) is 17.9 Å². The molecule has 0 atom stereocenters. The van der Waals surface area contributed by atoms with Gasteiger partial charge in [0.05, 0.1) is 0 Å². The van der Waals surface area contributed by atoms with Crippen LogP contribution in [0.1, 0.15) is 5.56 Å². The normalized spacial score (nSPS) is 15.9. The Bertz CT molecular complexity index is 423. The van der Waals surface area contributed by atoms with Crippen molar-refractivity contribution in [1.29, 1.82) is 0 Å². The van der Waals surface area contributed by atoms with Gasteiger partial charge in [0.15, 0.2) is 0 Å². The standard InChI is InChI=1S/C10H9NO3/c11-7-4-2-1-3-6(7)9-8(12)5-14-10(9)13/h1-4,12H,5,11H2. The zero-order valence-electron chi connectivity index (χ0n) is 7.36. The minimum Gasteiger partial charge on any atom is -0.508 e. The summed E-state index contributed by atoms with van der Waals surface area (Å²) in [5.41, 5.74) is 6.81. The predicted molar refractivity (Wildman–Crippen MR) is 51.4 cm³/mol. The molecule has 1 aliphatic rings. The van der Waals surface area contributed by atoms with Crippen LogP contribution in [0.4, 0.5) is 5.69 Å². The van der Waals surface area contributed by atoms with Gasteiger partial charge in [0.2, 0.25) is 0 Å². The van der Waals surface area contributed by atoms with Gasteiger partial charge in [0.1, 0.15) is 17.9 Å². The molecule has 0 aromatic heterocycles. The lowest BCUT2D eigenvalue weighted by atomic mass is 10.0. The molecule has 0 bridgehead atoms. The Morgan fingerprint density at radius 2 is 2.07 bits per heavy atom. The molecule has 0 unspecified atom stereocenters. The van der Waals surface area contributed by atoms with Crippen molar-refractivity contribution in [3.8, 4) is 0 Å². The van der Waals surface area contributed by atoms with Crippen LogP contribution in [-0.2, 0) is 9.53 Å². The summed E-state index contributed by atoms with van der Waals surface area (Å²) >= 11 is 0. The fourth-order valence-corrected chi connectivity index (χ4v) is 1.39. The van der Waals surface area contributed by atoms with Gasteiger partial charge in [-0.05, 0) is 6.07 Å². The van der Waals surface area contributed by atoms with E-state index in [1.165, 1.54) is 0 Å². The third-order valence-corrected chi connectivity index (χ3v) is 2.06. The Balaban J connectivity index is 2.55. The molecule has 1 aromatic rings. The molecule has 1 aliphatic heterocycles. The maximum absolute atomic E-state index is 11.2. The third-order valence-electron chi connectivity index (χ3n) is 2.06. The predicted octanol–water partition coefficient (Wildman–Crippen LogP) is 1.09. The molecule has 2 rings (SSSR count). The Labute approximate surface area is 80.6 Å². The molecule has 0 radical (unpaired) electrons. The van der Waals surface area contributed by atoms with E-state index in [1.54, 1.807) is 24.3 Å². The van der Waals surface area contributed by atoms with Crippen LogP contribution in [0.15, 0.2) is 30.0 Å². The van der Waals surface area contributed by atoms with Crippen molar-refractivity contribution < 1.29 is 14.6 Å². The number of hydrogen-bond donors (Lipinski definition) is 2. The van der Waals surface area contributed by atoms with Gasteiger partial charge in [-0.2, -0.15) is 0 Å². The van der Waals surface area contributed by atoms with Crippen LogP contribution < -0.4 is 5.73 Å². The SMILES string of the molecule is Nc1ccccc1C1=C(O)COC1=O. The summed E-state index contributed by atoms with van der Waals surface area (Å²) in [6.07, 6.45) is 0. The average molecular weight is 191 g/mol. The molecule has 0 spiro atoms. The number of aliphatic hydroxyl groups is 1. The third kappa shape index (κ3) is 1.21. The van der Waals surface area contributed by atoms with Gasteiger partial charge in [-0.1, -0.05) is 18.2 Å². The molecule has 0 amide bonds. The van der Waals surface area contributed by atoms with Crippen LogP contribution in [0.25, 0.3) is 5.57 Å². The van der Waals surface area contributed by atoms with Crippen molar-refractivity contribution in [2.24, 2.45) is 0 Å². The highest BCUT2D eigenvalue weighted by Gasteiger charge is 2.27. The van der Waals surface area contributed by atoms with E-state index in [1.807, 2.05) is 0 Å². The lowest BCUT2D eigenvalue weighted by molar-refractivity contribution is -0.134. The topological polar surface area (TPSA) is 72.6 Å². The molecule has 1 heterocycles. The Hall–Kier alpha value is -1.97. The molecular weight excluding hydrogens is 182 g/mol. The zero-order valence-corrected chi connectivity index (χ0v) is 7.36. The van der Waals surface area contributed by atoms with Crippen molar-refractivity contribution in [1.82, 2.24) is 0 Å². The van der Waals surface area contributed by atoms with Gasteiger partial charge >= 0.3 is 5.97 Å². The number of cyclic esters (lactones) is 1. The summed E-state index contributed by atoms with van der Waals surface area (Å²) in [6.45, 7) is -0.0670. The Kier molecular flexibility index (Phi) is 1.89. The van der Waals surface area contributed by atoms with E-state index in [4.69, 9.17) is 5.73 Å². The first-order valence-corrected chi connectivity index (χ1v) is 4.14. The summed E-state index contributed by atoms with van der Waals surface area (Å²) in [7, 11) is 0. The van der Waals surface area contributed by atoms with E-state index < -0.39 is 5.97 Å². The van der Waals surface area contributed by atoms with Crippen LogP contribution in [0.2, 0.25) is 0 Å². The fraction of sp³-hybridized carbons (Fsp3) is 0.100. The van der Waals surface area contributed by atoms with E-state index in [9.17, 15) is 9.90 Å². The number of esters is 1. The first-order valence-electron chi connectivity index (χ1n) is 4.14. The first kappa shape index (κ1) is 8.62. The van der Waals surface area contributed by atoms with Gasteiger partial charge in [-0.3, -0.25) is 0 Å². The quantitative estimate of drug-likeness (QED) is 0.515. The Morgan fingerprint density at radius 3 is 2.64 bits per heavy atom. The second kappa shape index (κ2) is 3.06. The minimum atomic E-state index is -0.527. The van der Waals surface area contributed by atoms with Gasteiger partial charge in [0.25, 0.3) is 0 Å². The number of rotatable bonds is 1. The maximum atomic E-state index is 11.2. The smallest absolute Gasteiger partial charge is 0.342 e. The molecular formula is C10H9NO3. The number of carbonyl (C=O) groups is 1. The van der Waals surface area contributed by atoms with Crippen LogP contribution in [-0.4, -0.2) is 17.7 Å². The highest BCUT2D eigenvalue weighted by atomic mass is 16.5. The van der Waals surface area contributed by atoms with Gasteiger partial charge in [-0.25, -0.2) is 4.79 Å². The summed E-state index contributed by atoms with van der Waals surface area (Å²) in [6, 6.07) is 6.85. The van der Waals surface area contributed by atoms with E-state index in [2.05, 4.69) is 4.74 Å². The second-order valence-electron chi connectivity index (χ2n) is 2.99. The van der Waals surface area contributed by atoms with Crippen molar-refractivity contribution in [3.63, 3.8) is 0 Å². The summed E-state index contributed by atoms with van der Waals surface area (Å²) < 4.78 is 4.67. The van der Waals surface area contributed by atoms with Gasteiger partial charge in [0, 0.05) is 11.3 Å². The lowest BCUT2D eigenvalue weighted by Crippen LogP contribution is -2.01.